The highest BCUT2D eigenvalue weighted by molar-refractivity contribution is 6.03. The van der Waals surface area contributed by atoms with Gasteiger partial charge in [0, 0.05) is 25.3 Å². The summed E-state index contributed by atoms with van der Waals surface area (Å²) in [7, 11) is 0. The molecule has 0 aromatic heterocycles. The number of benzene rings is 1. The number of ether oxygens (including phenoxy) is 1. The predicted octanol–water partition coefficient (Wildman–Crippen LogP) is 3.80. The summed E-state index contributed by atoms with van der Waals surface area (Å²) in [6.45, 7) is 16.4. The molecule has 8 heteroatoms. The van der Waals surface area contributed by atoms with Crippen molar-refractivity contribution in [2.75, 3.05) is 31.1 Å². The van der Waals surface area contributed by atoms with E-state index in [9.17, 15) is 19.5 Å². The molecule has 0 radical (unpaired) electrons. The Morgan fingerprint density at radius 1 is 1.15 bits per heavy atom. The van der Waals surface area contributed by atoms with Crippen LogP contribution in [0.5, 0.6) is 0 Å². The first kappa shape index (κ1) is 30.0. The molecule has 40 heavy (non-hydrogen) atoms. The second-order valence-corrected chi connectivity index (χ2v) is 12.0. The van der Waals surface area contributed by atoms with Crippen LogP contribution in [-0.2, 0) is 19.1 Å². The normalized spacial score (nSPS) is 29.4. The number of hydrogen-bond acceptors (Lipinski definition) is 5. The van der Waals surface area contributed by atoms with E-state index < -0.39 is 35.1 Å². The van der Waals surface area contributed by atoms with Crippen LogP contribution in [0.1, 0.15) is 53.4 Å². The van der Waals surface area contributed by atoms with Gasteiger partial charge < -0.3 is 24.5 Å². The Bertz CT molecular complexity index is 1120. The first-order valence-electron chi connectivity index (χ1n) is 14.6. The van der Waals surface area contributed by atoms with E-state index in [1.165, 1.54) is 0 Å². The fraction of sp³-hybridized carbons (Fsp3) is 0.594. The van der Waals surface area contributed by atoms with Gasteiger partial charge in [-0.3, -0.25) is 14.4 Å². The minimum atomic E-state index is -1.15. The van der Waals surface area contributed by atoms with Gasteiger partial charge in [-0.15, -0.1) is 13.2 Å². The molecule has 2 unspecified atom stereocenters. The van der Waals surface area contributed by atoms with Crippen molar-refractivity contribution in [2.24, 2.45) is 17.8 Å². The number of carbonyl (C=O) groups excluding carboxylic acids is 3. The van der Waals surface area contributed by atoms with Gasteiger partial charge in [-0.1, -0.05) is 57.5 Å². The highest BCUT2D eigenvalue weighted by atomic mass is 16.5. The zero-order valence-electron chi connectivity index (χ0n) is 24.4. The number of aliphatic hydroxyl groups is 1. The number of fused-ring (bicyclic) bond motifs is 1. The van der Waals surface area contributed by atoms with E-state index in [4.69, 9.17) is 4.74 Å². The summed E-state index contributed by atoms with van der Waals surface area (Å²) in [5.74, 6) is -2.40. The third-order valence-corrected chi connectivity index (χ3v) is 9.12. The SMILES string of the molecule is C=CCN(CCCC)C(=O)C1N([C@@H](CO)C(C)C)C(=O)[C@@H]2[C@H](C(=O)N(CC=C)c3ccccc3)[C@]3(C)CCC12O3. The number of carbonyl (C=O) groups is 3. The molecule has 8 nitrogen and oxygen atoms in total. The van der Waals surface area contributed by atoms with Crippen LogP contribution >= 0.6 is 0 Å². The molecular formula is C32H45N3O5. The molecule has 3 saturated heterocycles. The van der Waals surface area contributed by atoms with Gasteiger partial charge in [-0.2, -0.15) is 0 Å². The van der Waals surface area contributed by atoms with Crippen LogP contribution in [0.25, 0.3) is 0 Å². The molecule has 0 aliphatic carbocycles. The summed E-state index contributed by atoms with van der Waals surface area (Å²) in [4.78, 5) is 48.3. The van der Waals surface area contributed by atoms with E-state index in [0.717, 1.165) is 18.5 Å². The third-order valence-electron chi connectivity index (χ3n) is 9.12. The molecule has 3 heterocycles. The Kier molecular flexibility index (Phi) is 8.90. The van der Waals surface area contributed by atoms with Crippen LogP contribution in [0, 0.1) is 17.8 Å². The summed E-state index contributed by atoms with van der Waals surface area (Å²) in [5, 5.41) is 10.5. The van der Waals surface area contributed by atoms with Gasteiger partial charge in [0.1, 0.15) is 11.6 Å². The van der Waals surface area contributed by atoms with Crippen LogP contribution in [-0.4, -0.2) is 82.2 Å². The lowest BCUT2D eigenvalue weighted by Crippen LogP contribution is -2.59. The number of amides is 3. The Labute approximate surface area is 238 Å². The quantitative estimate of drug-likeness (QED) is 0.377. The number of rotatable bonds is 13. The lowest BCUT2D eigenvalue weighted by Gasteiger charge is -2.40. The molecule has 6 atom stereocenters. The van der Waals surface area contributed by atoms with E-state index in [2.05, 4.69) is 20.1 Å². The molecular weight excluding hydrogens is 506 g/mol. The maximum Gasteiger partial charge on any atom is 0.248 e. The largest absolute Gasteiger partial charge is 0.394 e. The van der Waals surface area contributed by atoms with Crippen molar-refractivity contribution >= 4 is 23.4 Å². The number of para-hydroxylation sites is 1. The summed E-state index contributed by atoms with van der Waals surface area (Å²) < 4.78 is 6.82. The summed E-state index contributed by atoms with van der Waals surface area (Å²) in [6.07, 6.45) is 6.16. The van der Waals surface area contributed by atoms with Crippen molar-refractivity contribution in [2.45, 2.75) is 76.7 Å². The molecule has 1 aromatic rings. The smallest absolute Gasteiger partial charge is 0.248 e. The van der Waals surface area contributed by atoms with Gasteiger partial charge in [0.05, 0.1) is 30.1 Å². The van der Waals surface area contributed by atoms with E-state index in [1.807, 2.05) is 51.1 Å². The van der Waals surface area contributed by atoms with Gasteiger partial charge >= 0.3 is 0 Å². The monoisotopic (exact) mass is 551 g/mol. The van der Waals surface area contributed by atoms with E-state index in [0.29, 0.717) is 25.9 Å². The fourth-order valence-electron chi connectivity index (χ4n) is 7.19. The molecule has 4 rings (SSSR count). The maximum absolute atomic E-state index is 14.5. The second kappa shape index (κ2) is 11.9. The first-order valence-corrected chi connectivity index (χ1v) is 14.6. The minimum absolute atomic E-state index is 0.105. The van der Waals surface area contributed by atoms with Gasteiger partial charge in [-0.05, 0) is 44.2 Å². The van der Waals surface area contributed by atoms with Crippen molar-refractivity contribution < 1.29 is 24.2 Å². The fourth-order valence-corrected chi connectivity index (χ4v) is 7.19. The van der Waals surface area contributed by atoms with Gasteiger partial charge in [-0.25, -0.2) is 0 Å². The molecule has 1 N–H and O–H groups in total. The standard InChI is InChI=1S/C32H45N3O5/c1-7-10-20-33(18-8-2)30(39)27-32-17-16-31(6,40-32)25(26(32)29(38)35(27)24(21-36)22(4)5)28(37)34(19-9-3)23-14-12-11-13-15-23/h8-9,11-15,22,24-27,36H,2-3,7,10,16-21H2,1,4-6H3/t24-,25+,26-,27?,31-,32?/m0/s1. The molecule has 0 saturated carbocycles. The number of hydrogen-bond donors (Lipinski definition) is 1. The summed E-state index contributed by atoms with van der Waals surface area (Å²) in [5.41, 5.74) is -1.32. The topological polar surface area (TPSA) is 90.4 Å². The van der Waals surface area contributed by atoms with Crippen LogP contribution < -0.4 is 4.90 Å². The van der Waals surface area contributed by atoms with Crippen molar-refractivity contribution in [1.82, 2.24) is 9.80 Å². The molecule has 2 bridgehead atoms. The lowest BCUT2D eigenvalue weighted by molar-refractivity contribution is -0.155. The second-order valence-electron chi connectivity index (χ2n) is 12.0. The Hall–Kier alpha value is -2.97. The average molecular weight is 552 g/mol. The molecule has 3 aliphatic heterocycles. The molecule has 3 amide bonds. The van der Waals surface area contributed by atoms with Crippen molar-refractivity contribution in [1.29, 1.82) is 0 Å². The number of unbranched alkanes of at least 4 members (excludes halogenated alkanes) is 1. The van der Waals surface area contributed by atoms with Crippen LogP contribution in [0.2, 0.25) is 0 Å². The Morgan fingerprint density at radius 3 is 2.40 bits per heavy atom. The van der Waals surface area contributed by atoms with E-state index >= 15 is 0 Å². The van der Waals surface area contributed by atoms with Crippen LogP contribution in [0.15, 0.2) is 55.6 Å². The molecule has 218 valence electrons. The zero-order valence-corrected chi connectivity index (χ0v) is 24.4. The highest BCUT2D eigenvalue weighted by Crippen LogP contribution is 2.64. The molecule has 1 spiro atoms. The number of aliphatic hydroxyl groups excluding tert-OH is 1. The summed E-state index contributed by atoms with van der Waals surface area (Å²) >= 11 is 0. The first-order chi connectivity index (χ1) is 19.1. The minimum Gasteiger partial charge on any atom is -0.394 e. The number of likely N-dealkylation sites (tertiary alicyclic amines) is 1. The average Bonchev–Trinajstić information content (AvgIpc) is 3.50. The van der Waals surface area contributed by atoms with Crippen molar-refractivity contribution in [3.63, 3.8) is 0 Å². The molecule has 3 aliphatic rings. The predicted molar refractivity (Wildman–Crippen MR) is 155 cm³/mol. The zero-order chi connectivity index (χ0) is 29.2. The van der Waals surface area contributed by atoms with Gasteiger partial charge in [0.2, 0.25) is 17.7 Å². The van der Waals surface area contributed by atoms with Crippen molar-refractivity contribution in [3.05, 3.63) is 55.6 Å². The third kappa shape index (κ3) is 4.79. The number of nitrogens with zero attached hydrogens (tertiary/aromatic N) is 3. The van der Waals surface area contributed by atoms with Crippen molar-refractivity contribution in [3.8, 4) is 0 Å². The molecule has 1 aromatic carbocycles. The summed E-state index contributed by atoms with van der Waals surface area (Å²) in [6, 6.07) is 7.85. The van der Waals surface area contributed by atoms with E-state index in [-0.39, 0.29) is 36.8 Å². The van der Waals surface area contributed by atoms with Gasteiger partial charge in [0.25, 0.3) is 0 Å². The lowest BCUT2D eigenvalue weighted by atomic mass is 9.66. The highest BCUT2D eigenvalue weighted by Gasteiger charge is 2.79. The van der Waals surface area contributed by atoms with Crippen LogP contribution in [0.3, 0.4) is 0 Å². The van der Waals surface area contributed by atoms with Gasteiger partial charge in [0.15, 0.2) is 0 Å². The number of anilines is 1. The maximum atomic E-state index is 14.5. The van der Waals surface area contributed by atoms with Crippen LogP contribution in [0.4, 0.5) is 5.69 Å². The Morgan fingerprint density at radius 2 is 1.82 bits per heavy atom. The molecule has 3 fully saturated rings. The Balaban J connectivity index is 1.83. The van der Waals surface area contributed by atoms with E-state index in [1.54, 1.807) is 26.9 Å².